The van der Waals surface area contributed by atoms with Gasteiger partial charge in [0.2, 0.25) is 5.91 Å². The van der Waals surface area contributed by atoms with E-state index in [4.69, 9.17) is 9.47 Å². The second kappa shape index (κ2) is 9.32. The van der Waals surface area contributed by atoms with Crippen molar-refractivity contribution in [3.8, 4) is 11.5 Å². The number of methoxy groups -OCH3 is 2. The van der Waals surface area contributed by atoms with Crippen LogP contribution in [0.5, 0.6) is 11.5 Å². The lowest BCUT2D eigenvalue weighted by Crippen LogP contribution is -2.23. The number of nitrogens with one attached hydrogen (secondary N) is 1. The van der Waals surface area contributed by atoms with Gasteiger partial charge in [-0.25, -0.2) is 4.98 Å². The largest absolute Gasteiger partial charge is 0.497 e. The van der Waals surface area contributed by atoms with Gasteiger partial charge in [0.05, 0.1) is 36.6 Å². The van der Waals surface area contributed by atoms with Crippen molar-refractivity contribution in [3.05, 3.63) is 51.2 Å². The highest BCUT2D eigenvalue weighted by Crippen LogP contribution is 2.29. The first-order chi connectivity index (χ1) is 14.0. The van der Waals surface area contributed by atoms with Gasteiger partial charge < -0.3 is 14.8 Å². The molecular weight excluding hydrogens is 458 g/mol. The summed E-state index contributed by atoms with van der Waals surface area (Å²) in [7, 11) is 3.08. The number of hydrogen-bond donors (Lipinski definition) is 1. The third-order valence-corrected chi connectivity index (χ3v) is 5.68. The van der Waals surface area contributed by atoms with Gasteiger partial charge in [0.15, 0.2) is 5.16 Å². The van der Waals surface area contributed by atoms with Crippen molar-refractivity contribution in [2.45, 2.75) is 18.6 Å². The van der Waals surface area contributed by atoms with Crippen LogP contribution in [-0.4, -0.2) is 35.4 Å². The van der Waals surface area contributed by atoms with Crippen molar-refractivity contribution >= 4 is 50.2 Å². The Hall–Kier alpha value is -2.52. The number of hydrogen-bond acceptors (Lipinski definition) is 6. The Morgan fingerprint density at radius 2 is 2.00 bits per heavy atom. The van der Waals surface area contributed by atoms with Gasteiger partial charge in [-0.15, -0.1) is 0 Å². The topological polar surface area (TPSA) is 82.5 Å². The number of carbonyl (C=O) groups is 1. The third kappa shape index (κ3) is 4.73. The van der Waals surface area contributed by atoms with E-state index in [0.717, 1.165) is 4.47 Å². The molecule has 0 radical (unpaired) electrons. The quantitative estimate of drug-likeness (QED) is 0.410. The zero-order valence-corrected chi connectivity index (χ0v) is 18.6. The number of rotatable bonds is 7. The molecule has 0 saturated carbocycles. The van der Waals surface area contributed by atoms with Crippen LogP contribution in [0.15, 0.2) is 50.8 Å². The van der Waals surface area contributed by atoms with E-state index in [1.54, 1.807) is 42.0 Å². The minimum Gasteiger partial charge on any atom is -0.497 e. The van der Waals surface area contributed by atoms with E-state index in [-0.39, 0.29) is 17.2 Å². The fourth-order valence-corrected chi connectivity index (χ4v) is 4.01. The number of anilines is 1. The second-order valence-corrected chi connectivity index (χ2v) is 7.87. The van der Waals surface area contributed by atoms with Gasteiger partial charge in [-0.05, 0) is 37.3 Å². The normalized spacial score (nSPS) is 10.8. The van der Waals surface area contributed by atoms with Gasteiger partial charge in [0.1, 0.15) is 11.5 Å². The molecule has 1 heterocycles. The molecule has 3 aromatic rings. The number of benzene rings is 2. The Morgan fingerprint density at radius 3 is 2.69 bits per heavy atom. The monoisotopic (exact) mass is 477 g/mol. The molecular formula is C20H20BrN3O4S. The molecule has 0 aliphatic heterocycles. The summed E-state index contributed by atoms with van der Waals surface area (Å²) < 4.78 is 12.9. The summed E-state index contributed by atoms with van der Waals surface area (Å²) in [5.74, 6) is 0.990. The Kier molecular flexibility index (Phi) is 6.81. The van der Waals surface area contributed by atoms with E-state index < -0.39 is 0 Å². The number of aromatic nitrogens is 2. The first-order valence-corrected chi connectivity index (χ1v) is 10.6. The Labute approximate surface area is 180 Å². The predicted molar refractivity (Wildman–Crippen MR) is 118 cm³/mol. The molecule has 1 amide bonds. The van der Waals surface area contributed by atoms with Crippen LogP contribution in [0.3, 0.4) is 0 Å². The number of fused-ring (bicyclic) bond motifs is 1. The molecule has 0 atom stereocenters. The third-order valence-electron chi connectivity index (χ3n) is 4.21. The van der Waals surface area contributed by atoms with E-state index in [1.807, 2.05) is 13.0 Å². The zero-order valence-electron chi connectivity index (χ0n) is 16.2. The summed E-state index contributed by atoms with van der Waals surface area (Å²) in [6, 6.07) is 10.5. The van der Waals surface area contributed by atoms with Gasteiger partial charge in [0, 0.05) is 17.1 Å². The number of halogens is 1. The van der Waals surface area contributed by atoms with Crippen LogP contribution < -0.4 is 20.3 Å². The van der Waals surface area contributed by atoms with Crippen LogP contribution >= 0.6 is 27.7 Å². The van der Waals surface area contributed by atoms with Crippen LogP contribution in [0.2, 0.25) is 0 Å². The van der Waals surface area contributed by atoms with Crippen LogP contribution in [0.4, 0.5) is 5.69 Å². The van der Waals surface area contributed by atoms with Crippen molar-refractivity contribution in [1.29, 1.82) is 0 Å². The summed E-state index contributed by atoms with van der Waals surface area (Å²) in [6.45, 7) is 2.33. The number of nitrogens with zero attached hydrogens (tertiary/aromatic N) is 2. The van der Waals surface area contributed by atoms with E-state index >= 15 is 0 Å². The van der Waals surface area contributed by atoms with Crippen molar-refractivity contribution in [3.63, 3.8) is 0 Å². The van der Waals surface area contributed by atoms with E-state index in [2.05, 4.69) is 26.2 Å². The first kappa shape index (κ1) is 21.2. The fraction of sp³-hybridized carbons (Fsp3) is 0.250. The lowest BCUT2D eigenvalue weighted by molar-refractivity contribution is -0.113. The van der Waals surface area contributed by atoms with Gasteiger partial charge in [-0.1, -0.05) is 27.7 Å². The number of ether oxygens (including phenoxy) is 2. The lowest BCUT2D eigenvalue weighted by Gasteiger charge is -2.13. The van der Waals surface area contributed by atoms with Gasteiger partial charge in [-0.2, -0.15) is 0 Å². The molecule has 3 rings (SSSR count). The standard InChI is InChI=1S/C20H20BrN3O4S/c1-4-24-19(26)14-9-12(21)5-7-15(14)23-20(24)29-11-18(25)22-16-10-13(27-2)6-8-17(16)28-3/h5-10H,4,11H2,1-3H3,(H,22,25). The highest BCUT2D eigenvalue weighted by Gasteiger charge is 2.14. The van der Waals surface area contributed by atoms with Gasteiger partial charge in [0.25, 0.3) is 5.56 Å². The smallest absolute Gasteiger partial charge is 0.262 e. The molecule has 0 spiro atoms. The summed E-state index contributed by atoms with van der Waals surface area (Å²) >= 11 is 4.59. The average Bonchev–Trinajstić information content (AvgIpc) is 2.72. The molecule has 2 aromatic carbocycles. The maximum atomic E-state index is 12.8. The maximum Gasteiger partial charge on any atom is 0.262 e. The maximum absolute atomic E-state index is 12.8. The predicted octanol–water partition coefficient (Wildman–Crippen LogP) is 3.93. The number of thioether (sulfide) groups is 1. The Balaban J connectivity index is 1.81. The van der Waals surface area contributed by atoms with Crippen LogP contribution in [0.25, 0.3) is 10.9 Å². The summed E-state index contributed by atoms with van der Waals surface area (Å²) in [4.78, 5) is 29.8. The van der Waals surface area contributed by atoms with Crippen molar-refractivity contribution in [1.82, 2.24) is 9.55 Å². The highest BCUT2D eigenvalue weighted by molar-refractivity contribution is 9.10. The molecule has 0 aliphatic carbocycles. The molecule has 152 valence electrons. The molecule has 9 heteroatoms. The number of carbonyl (C=O) groups excluding carboxylic acids is 1. The minimum absolute atomic E-state index is 0.0921. The zero-order chi connectivity index (χ0) is 21.0. The van der Waals surface area contributed by atoms with E-state index in [1.165, 1.54) is 18.9 Å². The summed E-state index contributed by atoms with van der Waals surface area (Å²) in [5, 5.41) is 3.86. The van der Waals surface area contributed by atoms with Crippen molar-refractivity contribution in [2.24, 2.45) is 0 Å². The molecule has 0 fully saturated rings. The Morgan fingerprint density at radius 1 is 1.21 bits per heavy atom. The molecule has 1 aromatic heterocycles. The molecule has 29 heavy (non-hydrogen) atoms. The van der Waals surface area contributed by atoms with Crippen LogP contribution in [0.1, 0.15) is 6.92 Å². The van der Waals surface area contributed by atoms with Gasteiger partial charge >= 0.3 is 0 Å². The fourth-order valence-electron chi connectivity index (χ4n) is 2.79. The molecule has 0 unspecified atom stereocenters. The molecule has 0 saturated heterocycles. The molecule has 0 bridgehead atoms. The molecule has 1 N–H and O–H groups in total. The van der Waals surface area contributed by atoms with Crippen LogP contribution in [-0.2, 0) is 11.3 Å². The van der Waals surface area contributed by atoms with Gasteiger partial charge in [-0.3, -0.25) is 14.2 Å². The number of amides is 1. The SMILES string of the molecule is CCn1c(SCC(=O)Nc2cc(OC)ccc2OC)nc2ccc(Br)cc2c1=O. The summed E-state index contributed by atoms with van der Waals surface area (Å²) in [5.41, 5.74) is 0.984. The lowest BCUT2D eigenvalue weighted by atomic mass is 10.2. The van der Waals surface area contributed by atoms with Crippen molar-refractivity contribution < 1.29 is 14.3 Å². The van der Waals surface area contributed by atoms with Crippen molar-refractivity contribution in [2.75, 3.05) is 25.3 Å². The van der Waals surface area contributed by atoms with Crippen LogP contribution in [0, 0.1) is 0 Å². The molecule has 7 nitrogen and oxygen atoms in total. The average molecular weight is 478 g/mol. The highest BCUT2D eigenvalue weighted by atomic mass is 79.9. The Bertz CT molecular complexity index is 1120. The second-order valence-electron chi connectivity index (χ2n) is 6.01. The minimum atomic E-state index is -0.241. The summed E-state index contributed by atoms with van der Waals surface area (Å²) in [6.07, 6.45) is 0. The van der Waals surface area contributed by atoms with E-state index in [0.29, 0.717) is 39.8 Å². The van der Waals surface area contributed by atoms with E-state index in [9.17, 15) is 9.59 Å². The first-order valence-electron chi connectivity index (χ1n) is 8.81. The molecule has 0 aliphatic rings.